The largest absolute Gasteiger partial charge is 0.335 e. The van der Waals surface area contributed by atoms with Crippen LogP contribution in [0.5, 0.6) is 0 Å². The van der Waals surface area contributed by atoms with Crippen LogP contribution in [-0.4, -0.2) is 36.1 Å². The normalized spacial score (nSPS) is 32.9. The second kappa shape index (κ2) is 3.77. The maximum absolute atomic E-state index is 11.7. The Kier molecular flexibility index (Phi) is 2.63. The number of rotatable bonds is 1. The molecule has 14 heavy (non-hydrogen) atoms. The number of nitrogens with one attached hydrogen (secondary N) is 1. The number of hydrogen-bond acceptors (Lipinski definition) is 2. The van der Waals surface area contributed by atoms with Gasteiger partial charge in [0.2, 0.25) is 0 Å². The average Bonchev–Trinajstić information content (AvgIpc) is 2.40. The Labute approximate surface area is 84.8 Å². The molecule has 1 heterocycles. The van der Waals surface area contributed by atoms with Gasteiger partial charge in [-0.15, -0.1) is 0 Å². The molecule has 0 spiro atoms. The zero-order chi connectivity index (χ0) is 10.1. The van der Waals surface area contributed by atoms with E-state index in [4.69, 9.17) is 5.73 Å². The number of urea groups is 1. The molecule has 4 heteroatoms. The Bertz CT molecular complexity index is 217. The van der Waals surface area contributed by atoms with Crippen LogP contribution in [-0.2, 0) is 0 Å². The molecule has 80 valence electrons. The first-order valence-electron chi connectivity index (χ1n) is 5.48. The van der Waals surface area contributed by atoms with E-state index in [-0.39, 0.29) is 12.1 Å². The zero-order valence-corrected chi connectivity index (χ0v) is 8.70. The number of nitrogens with zero attached hydrogens (tertiary/aromatic N) is 1. The van der Waals surface area contributed by atoms with Gasteiger partial charge in [0.15, 0.2) is 0 Å². The second-order valence-corrected chi connectivity index (χ2v) is 4.62. The highest BCUT2D eigenvalue weighted by Crippen LogP contribution is 2.20. The summed E-state index contributed by atoms with van der Waals surface area (Å²) in [7, 11) is 0. The van der Waals surface area contributed by atoms with E-state index in [2.05, 4.69) is 12.2 Å². The summed E-state index contributed by atoms with van der Waals surface area (Å²) < 4.78 is 0. The van der Waals surface area contributed by atoms with Crippen molar-refractivity contribution in [2.75, 3.05) is 13.1 Å². The third-order valence-corrected chi connectivity index (χ3v) is 3.39. The first kappa shape index (κ1) is 9.77. The average molecular weight is 197 g/mol. The van der Waals surface area contributed by atoms with E-state index in [1.54, 1.807) is 0 Å². The SMILES string of the molecule is CC1CN(C(=O)NC2CCC2)CC1N. The first-order chi connectivity index (χ1) is 6.66. The van der Waals surface area contributed by atoms with Gasteiger partial charge in [0.1, 0.15) is 0 Å². The van der Waals surface area contributed by atoms with Crippen LogP contribution in [0.2, 0.25) is 0 Å². The molecule has 2 rings (SSSR count). The Morgan fingerprint density at radius 3 is 2.57 bits per heavy atom. The molecular weight excluding hydrogens is 178 g/mol. The summed E-state index contributed by atoms with van der Waals surface area (Å²) in [4.78, 5) is 13.5. The van der Waals surface area contributed by atoms with Crippen LogP contribution in [0, 0.1) is 5.92 Å². The van der Waals surface area contributed by atoms with Crippen LogP contribution < -0.4 is 11.1 Å². The maximum atomic E-state index is 11.7. The standard InChI is InChI=1S/C10H19N3O/c1-7-5-13(6-9(7)11)10(14)12-8-3-2-4-8/h7-9H,2-6,11H2,1H3,(H,12,14). The third-order valence-electron chi connectivity index (χ3n) is 3.39. The van der Waals surface area contributed by atoms with Gasteiger partial charge in [-0.2, -0.15) is 0 Å². The molecule has 4 nitrogen and oxygen atoms in total. The Morgan fingerprint density at radius 2 is 2.14 bits per heavy atom. The molecule has 1 aliphatic carbocycles. The number of carbonyl (C=O) groups is 1. The molecule has 1 saturated carbocycles. The van der Waals surface area contributed by atoms with E-state index >= 15 is 0 Å². The van der Waals surface area contributed by atoms with E-state index in [0.717, 1.165) is 19.4 Å². The zero-order valence-electron chi connectivity index (χ0n) is 8.70. The minimum absolute atomic E-state index is 0.0782. The lowest BCUT2D eigenvalue weighted by molar-refractivity contribution is 0.195. The molecule has 0 aromatic rings. The lowest BCUT2D eigenvalue weighted by Gasteiger charge is -2.29. The van der Waals surface area contributed by atoms with E-state index < -0.39 is 0 Å². The van der Waals surface area contributed by atoms with E-state index in [1.807, 2.05) is 4.90 Å². The first-order valence-corrected chi connectivity index (χ1v) is 5.48. The molecule has 0 radical (unpaired) electrons. The monoisotopic (exact) mass is 197 g/mol. The van der Waals surface area contributed by atoms with Crippen LogP contribution in [0.15, 0.2) is 0 Å². The lowest BCUT2D eigenvalue weighted by Crippen LogP contribution is -2.47. The van der Waals surface area contributed by atoms with Crippen molar-refractivity contribution in [3.63, 3.8) is 0 Å². The van der Waals surface area contributed by atoms with Crippen molar-refractivity contribution in [2.45, 2.75) is 38.3 Å². The maximum Gasteiger partial charge on any atom is 0.317 e. The van der Waals surface area contributed by atoms with Gasteiger partial charge in [0, 0.05) is 25.2 Å². The van der Waals surface area contributed by atoms with Gasteiger partial charge < -0.3 is 16.0 Å². The van der Waals surface area contributed by atoms with Crippen molar-refractivity contribution >= 4 is 6.03 Å². The van der Waals surface area contributed by atoms with Gasteiger partial charge in [0.05, 0.1) is 0 Å². The Balaban J connectivity index is 1.80. The summed E-state index contributed by atoms with van der Waals surface area (Å²) in [5.74, 6) is 0.433. The summed E-state index contributed by atoms with van der Waals surface area (Å²) in [6.45, 7) is 3.61. The van der Waals surface area contributed by atoms with Crippen molar-refractivity contribution in [3.05, 3.63) is 0 Å². The van der Waals surface area contributed by atoms with Gasteiger partial charge in [-0.25, -0.2) is 4.79 Å². The minimum atomic E-state index is 0.0782. The molecule has 3 N–H and O–H groups in total. The molecule has 0 bridgehead atoms. The van der Waals surface area contributed by atoms with Crippen LogP contribution >= 0.6 is 0 Å². The highest BCUT2D eigenvalue weighted by atomic mass is 16.2. The van der Waals surface area contributed by atoms with Crippen molar-refractivity contribution in [1.29, 1.82) is 0 Å². The van der Waals surface area contributed by atoms with Gasteiger partial charge in [-0.3, -0.25) is 0 Å². The predicted octanol–water partition coefficient (Wildman–Crippen LogP) is 0.527. The predicted molar refractivity (Wildman–Crippen MR) is 54.9 cm³/mol. The summed E-state index contributed by atoms with van der Waals surface area (Å²) in [5.41, 5.74) is 5.86. The topological polar surface area (TPSA) is 58.4 Å². The Morgan fingerprint density at radius 1 is 1.43 bits per heavy atom. The Hall–Kier alpha value is -0.770. The number of hydrogen-bond donors (Lipinski definition) is 2. The van der Waals surface area contributed by atoms with Crippen molar-refractivity contribution in [2.24, 2.45) is 11.7 Å². The number of carbonyl (C=O) groups excluding carboxylic acids is 1. The highest BCUT2D eigenvalue weighted by Gasteiger charge is 2.31. The quantitative estimate of drug-likeness (QED) is 0.644. The molecule has 2 unspecified atom stereocenters. The van der Waals surface area contributed by atoms with Crippen LogP contribution in [0.25, 0.3) is 0 Å². The van der Waals surface area contributed by atoms with Gasteiger partial charge in [0.25, 0.3) is 0 Å². The summed E-state index contributed by atoms with van der Waals surface area (Å²) in [5, 5.41) is 3.03. The molecule has 0 aromatic carbocycles. The number of amides is 2. The van der Waals surface area contributed by atoms with Gasteiger partial charge in [-0.05, 0) is 25.2 Å². The lowest BCUT2D eigenvalue weighted by atomic mass is 9.93. The van der Waals surface area contributed by atoms with Crippen molar-refractivity contribution in [1.82, 2.24) is 10.2 Å². The molecule has 2 amide bonds. The van der Waals surface area contributed by atoms with Gasteiger partial charge in [-0.1, -0.05) is 6.92 Å². The fourth-order valence-corrected chi connectivity index (χ4v) is 1.98. The van der Waals surface area contributed by atoms with Crippen LogP contribution in [0.3, 0.4) is 0 Å². The summed E-state index contributed by atoms with van der Waals surface area (Å²) in [6.07, 6.45) is 3.53. The van der Waals surface area contributed by atoms with Gasteiger partial charge >= 0.3 is 6.03 Å². The van der Waals surface area contributed by atoms with E-state index in [1.165, 1.54) is 6.42 Å². The molecule has 0 aromatic heterocycles. The van der Waals surface area contributed by atoms with Crippen molar-refractivity contribution < 1.29 is 4.79 Å². The highest BCUT2D eigenvalue weighted by molar-refractivity contribution is 5.75. The third kappa shape index (κ3) is 1.85. The fourth-order valence-electron chi connectivity index (χ4n) is 1.98. The summed E-state index contributed by atoms with van der Waals surface area (Å²) in [6, 6.07) is 0.659. The molecule has 2 fully saturated rings. The molecule has 2 atom stereocenters. The summed E-state index contributed by atoms with van der Waals surface area (Å²) >= 11 is 0. The fraction of sp³-hybridized carbons (Fsp3) is 0.900. The molecule has 1 aliphatic heterocycles. The smallest absolute Gasteiger partial charge is 0.317 e. The number of nitrogens with two attached hydrogens (primary N) is 1. The van der Waals surface area contributed by atoms with Crippen molar-refractivity contribution in [3.8, 4) is 0 Å². The van der Waals surface area contributed by atoms with Crippen LogP contribution in [0.4, 0.5) is 4.79 Å². The number of likely N-dealkylation sites (tertiary alicyclic amines) is 1. The second-order valence-electron chi connectivity index (χ2n) is 4.62. The van der Waals surface area contributed by atoms with E-state index in [9.17, 15) is 4.79 Å². The molecular formula is C10H19N3O. The van der Waals surface area contributed by atoms with Crippen LogP contribution in [0.1, 0.15) is 26.2 Å². The minimum Gasteiger partial charge on any atom is -0.335 e. The molecule has 2 aliphatic rings. The molecule has 1 saturated heterocycles. The van der Waals surface area contributed by atoms with E-state index in [0.29, 0.717) is 18.5 Å².